The zero-order valence-electron chi connectivity index (χ0n) is 4.98. The van der Waals surface area contributed by atoms with E-state index in [4.69, 9.17) is 5.73 Å². The van der Waals surface area contributed by atoms with Crippen LogP contribution in [0.5, 0.6) is 0 Å². The molecule has 7 heavy (non-hydrogen) atoms. The maximum atomic E-state index is 5.25. The van der Waals surface area contributed by atoms with E-state index in [2.05, 4.69) is 12.2 Å². The number of nitrogens with two attached hydrogens (primary N) is 2. The van der Waals surface area contributed by atoms with E-state index >= 15 is 0 Å². The maximum absolute atomic E-state index is 5.25. The second-order valence-electron chi connectivity index (χ2n) is 1.63. The molecule has 0 aromatic rings. The Bertz CT molecular complexity index is 25.3. The molecule has 0 bridgehead atoms. The Morgan fingerprint density at radius 1 is 1.57 bits per heavy atom. The third-order valence-electron chi connectivity index (χ3n) is 0.901. The summed E-state index contributed by atoms with van der Waals surface area (Å²) in [6, 6.07) is 0. The van der Waals surface area contributed by atoms with Gasteiger partial charge in [-0.25, -0.2) is 0 Å². The Morgan fingerprint density at radius 3 is 2.71 bits per heavy atom. The molecule has 0 saturated carbocycles. The van der Waals surface area contributed by atoms with Crippen molar-refractivity contribution >= 4 is 0 Å². The van der Waals surface area contributed by atoms with E-state index in [-0.39, 0.29) is 0 Å². The van der Waals surface area contributed by atoms with Crippen LogP contribution in [0.1, 0.15) is 13.3 Å². The lowest BCUT2D eigenvalue weighted by molar-refractivity contribution is -0.651. The van der Waals surface area contributed by atoms with Gasteiger partial charge in [-0.05, 0) is 13.5 Å². The standard InChI is InChI=1S/C5H14N2/c1-2-7-5-3-4-6/h7H,2-6H2,1H3/p+1. The van der Waals surface area contributed by atoms with Crippen molar-refractivity contribution in [3.05, 3.63) is 0 Å². The van der Waals surface area contributed by atoms with Gasteiger partial charge in [0.1, 0.15) is 0 Å². The summed E-state index contributed by atoms with van der Waals surface area (Å²) in [5, 5.41) is 2.26. The first kappa shape index (κ1) is 6.92. The molecule has 0 amide bonds. The highest BCUT2D eigenvalue weighted by Crippen LogP contribution is 1.58. The van der Waals surface area contributed by atoms with Crippen LogP contribution in [0.15, 0.2) is 0 Å². The average molecular weight is 103 g/mol. The molecule has 0 spiro atoms. The van der Waals surface area contributed by atoms with Crippen molar-refractivity contribution in [3.63, 3.8) is 0 Å². The minimum absolute atomic E-state index is 0.830. The number of hydrogen-bond donors (Lipinski definition) is 2. The van der Waals surface area contributed by atoms with Crippen molar-refractivity contribution in [1.29, 1.82) is 0 Å². The summed E-state index contributed by atoms with van der Waals surface area (Å²) in [6.07, 6.45) is 1.15. The van der Waals surface area contributed by atoms with Crippen molar-refractivity contribution in [1.82, 2.24) is 0 Å². The summed E-state index contributed by atoms with van der Waals surface area (Å²) in [5.41, 5.74) is 5.25. The van der Waals surface area contributed by atoms with Crippen LogP contribution in [0, 0.1) is 0 Å². The van der Waals surface area contributed by atoms with Gasteiger partial charge in [-0.2, -0.15) is 0 Å². The van der Waals surface area contributed by atoms with Crippen LogP contribution in [-0.4, -0.2) is 19.6 Å². The van der Waals surface area contributed by atoms with Crippen LogP contribution in [0.25, 0.3) is 0 Å². The number of quaternary nitrogens is 1. The third-order valence-corrected chi connectivity index (χ3v) is 0.901. The Hall–Kier alpha value is -0.0800. The van der Waals surface area contributed by atoms with Gasteiger partial charge in [-0.1, -0.05) is 0 Å². The highest BCUT2D eigenvalue weighted by molar-refractivity contribution is 4.29. The topological polar surface area (TPSA) is 42.6 Å². The molecular weight excluding hydrogens is 88.1 g/mol. The van der Waals surface area contributed by atoms with Gasteiger partial charge in [0.2, 0.25) is 0 Å². The maximum Gasteiger partial charge on any atom is 0.0767 e. The van der Waals surface area contributed by atoms with Crippen molar-refractivity contribution in [3.8, 4) is 0 Å². The minimum Gasteiger partial charge on any atom is -0.346 e. The molecule has 0 fully saturated rings. The molecule has 44 valence electrons. The smallest absolute Gasteiger partial charge is 0.0767 e. The first-order valence-corrected chi connectivity index (χ1v) is 2.93. The van der Waals surface area contributed by atoms with Crippen molar-refractivity contribution in [2.45, 2.75) is 13.3 Å². The zero-order chi connectivity index (χ0) is 5.54. The second kappa shape index (κ2) is 5.92. The van der Waals surface area contributed by atoms with Gasteiger partial charge < -0.3 is 11.1 Å². The minimum atomic E-state index is 0.830. The van der Waals surface area contributed by atoms with Crippen LogP contribution in [0.2, 0.25) is 0 Å². The Labute approximate surface area is 45.1 Å². The molecular formula is C5H15N2+. The van der Waals surface area contributed by atoms with Gasteiger partial charge in [-0.15, -0.1) is 0 Å². The summed E-state index contributed by atoms with van der Waals surface area (Å²) >= 11 is 0. The van der Waals surface area contributed by atoms with E-state index in [1.54, 1.807) is 0 Å². The summed E-state index contributed by atoms with van der Waals surface area (Å²) < 4.78 is 0. The van der Waals surface area contributed by atoms with Gasteiger partial charge >= 0.3 is 0 Å². The number of hydrogen-bond acceptors (Lipinski definition) is 1. The van der Waals surface area contributed by atoms with Crippen LogP contribution in [0.4, 0.5) is 0 Å². The fourth-order valence-electron chi connectivity index (χ4n) is 0.466. The van der Waals surface area contributed by atoms with Crippen LogP contribution < -0.4 is 11.1 Å². The molecule has 0 atom stereocenters. The van der Waals surface area contributed by atoms with Gasteiger partial charge in [0.05, 0.1) is 13.1 Å². The van der Waals surface area contributed by atoms with Crippen molar-refractivity contribution in [2.24, 2.45) is 5.73 Å². The lowest BCUT2D eigenvalue weighted by atomic mass is 10.4. The summed E-state index contributed by atoms with van der Waals surface area (Å²) in [4.78, 5) is 0. The van der Waals surface area contributed by atoms with Crippen molar-refractivity contribution in [2.75, 3.05) is 19.6 Å². The van der Waals surface area contributed by atoms with E-state index in [0.717, 1.165) is 13.0 Å². The van der Waals surface area contributed by atoms with Gasteiger partial charge in [0.25, 0.3) is 0 Å². The van der Waals surface area contributed by atoms with E-state index in [1.807, 2.05) is 0 Å². The van der Waals surface area contributed by atoms with Crippen LogP contribution in [-0.2, 0) is 0 Å². The highest BCUT2D eigenvalue weighted by Gasteiger charge is 1.81. The molecule has 2 nitrogen and oxygen atoms in total. The van der Waals surface area contributed by atoms with Gasteiger partial charge in [0.15, 0.2) is 0 Å². The Morgan fingerprint density at radius 2 is 2.29 bits per heavy atom. The van der Waals surface area contributed by atoms with E-state index in [9.17, 15) is 0 Å². The molecule has 0 radical (unpaired) electrons. The molecule has 0 saturated heterocycles. The quantitative estimate of drug-likeness (QED) is 0.437. The first-order chi connectivity index (χ1) is 3.41. The summed E-state index contributed by atoms with van der Waals surface area (Å²) in [6.45, 7) is 5.35. The third kappa shape index (κ3) is 5.92. The molecule has 0 heterocycles. The number of rotatable bonds is 4. The second-order valence-corrected chi connectivity index (χ2v) is 1.63. The van der Waals surface area contributed by atoms with E-state index in [0.29, 0.717) is 0 Å². The van der Waals surface area contributed by atoms with Crippen LogP contribution >= 0.6 is 0 Å². The SMILES string of the molecule is CC[NH2+]CCCN. The van der Waals surface area contributed by atoms with Crippen LogP contribution in [0.3, 0.4) is 0 Å². The molecule has 0 unspecified atom stereocenters. The van der Waals surface area contributed by atoms with Crippen molar-refractivity contribution < 1.29 is 5.32 Å². The largest absolute Gasteiger partial charge is 0.346 e. The van der Waals surface area contributed by atoms with Gasteiger partial charge in [0, 0.05) is 6.42 Å². The normalized spacial score (nSPS) is 9.43. The predicted molar refractivity (Wildman–Crippen MR) is 31.0 cm³/mol. The fraction of sp³-hybridized carbons (Fsp3) is 1.00. The Kier molecular flexibility index (Phi) is 5.85. The molecule has 0 aliphatic carbocycles. The Balaban J connectivity index is 2.45. The summed E-state index contributed by atoms with van der Waals surface area (Å²) in [5.74, 6) is 0. The first-order valence-electron chi connectivity index (χ1n) is 2.93. The molecule has 0 aliphatic heterocycles. The zero-order valence-corrected chi connectivity index (χ0v) is 4.98. The lowest BCUT2D eigenvalue weighted by Crippen LogP contribution is -2.83. The van der Waals surface area contributed by atoms with Gasteiger partial charge in [-0.3, -0.25) is 0 Å². The molecule has 2 heteroatoms. The molecule has 4 N–H and O–H groups in total. The van der Waals surface area contributed by atoms with E-state index in [1.165, 1.54) is 13.1 Å². The lowest BCUT2D eigenvalue weighted by Gasteiger charge is -1.92. The molecule has 0 aromatic carbocycles. The highest BCUT2D eigenvalue weighted by atomic mass is 14.8. The fourth-order valence-corrected chi connectivity index (χ4v) is 0.466. The predicted octanol–water partition coefficient (Wildman–Crippen LogP) is -1.08. The van der Waals surface area contributed by atoms with E-state index < -0.39 is 0 Å². The summed E-state index contributed by atoms with van der Waals surface area (Å²) in [7, 11) is 0. The molecule has 0 aliphatic rings. The average Bonchev–Trinajstić information content (AvgIpc) is 1.69. The molecule has 0 rings (SSSR count). The monoisotopic (exact) mass is 103 g/mol. The molecule has 0 aromatic heterocycles.